The molecule has 1 aliphatic rings. The van der Waals surface area contributed by atoms with Crippen molar-refractivity contribution in [1.29, 1.82) is 0 Å². The van der Waals surface area contributed by atoms with Crippen LogP contribution in [0.2, 0.25) is 0 Å². The maximum absolute atomic E-state index is 12.9. The molecule has 0 aromatic carbocycles. The van der Waals surface area contributed by atoms with E-state index < -0.39 is 5.91 Å². The Morgan fingerprint density at radius 1 is 1.30 bits per heavy atom. The molecule has 3 aromatic rings. The van der Waals surface area contributed by atoms with E-state index in [9.17, 15) is 14.4 Å². The van der Waals surface area contributed by atoms with Crippen molar-refractivity contribution in [1.82, 2.24) is 19.6 Å². The van der Waals surface area contributed by atoms with Crippen LogP contribution in [0.25, 0.3) is 10.9 Å². The molecule has 0 radical (unpaired) electrons. The number of carbonyl (C=O) groups excluding carboxylic acids is 1. The molecule has 1 N–H and O–H groups in total. The van der Waals surface area contributed by atoms with Crippen LogP contribution in [-0.4, -0.2) is 37.3 Å². The summed E-state index contributed by atoms with van der Waals surface area (Å²) in [6.07, 6.45) is 6.21. The molecule has 0 saturated carbocycles. The molecule has 1 amide bonds. The first-order valence-corrected chi connectivity index (χ1v) is 7.06. The minimum atomic E-state index is -0.505. The van der Waals surface area contributed by atoms with E-state index in [2.05, 4.69) is 22.2 Å². The minimum absolute atomic E-state index is 0.227. The van der Waals surface area contributed by atoms with Crippen molar-refractivity contribution in [3.63, 3.8) is 0 Å². The number of fused-ring (bicyclic) bond motifs is 3. The summed E-state index contributed by atoms with van der Waals surface area (Å²) in [5, 5.41) is 10.9. The third-order valence-corrected chi connectivity index (χ3v) is 3.89. The lowest BCUT2D eigenvalue weighted by Crippen LogP contribution is -2.35. The number of hydrogen-bond donors (Lipinski definition) is 1. The van der Waals surface area contributed by atoms with Gasteiger partial charge in [-0.1, -0.05) is 0 Å². The van der Waals surface area contributed by atoms with Crippen molar-refractivity contribution in [3.8, 4) is 0 Å². The number of pyridine rings is 2. The fraction of sp³-hybridized carbons (Fsp3) is 0.188. The van der Waals surface area contributed by atoms with Crippen LogP contribution in [-0.2, 0) is 13.0 Å². The van der Waals surface area contributed by atoms with Gasteiger partial charge in [-0.3, -0.25) is 19.6 Å². The first kappa shape index (κ1) is 13.7. The van der Waals surface area contributed by atoms with Crippen molar-refractivity contribution >= 4 is 16.8 Å². The molecule has 1 aliphatic heterocycles. The zero-order valence-corrected chi connectivity index (χ0v) is 12.0. The van der Waals surface area contributed by atoms with E-state index in [1.54, 1.807) is 16.8 Å². The summed E-state index contributed by atoms with van der Waals surface area (Å²) < 4.78 is 14.7. The van der Waals surface area contributed by atoms with Gasteiger partial charge in [0.25, 0.3) is 5.91 Å². The van der Waals surface area contributed by atoms with Gasteiger partial charge in [-0.2, -0.15) is 0 Å². The maximum atomic E-state index is 12.9. The number of halogens is 1. The first-order chi connectivity index (χ1) is 11.1. The Labute approximate surface area is 130 Å². The molecule has 0 atom stereocenters. The molecular weight excluding hydrogens is 299 g/mol. The van der Waals surface area contributed by atoms with Crippen molar-refractivity contribution < 1.29 is 14.4 Å². The molecule has 0 saturated heterocycles. The van der Waals surface area contributed by atoms with Crippen molar-refractivity contribution in [3.05, 3.63) is 59.6 Å². The summed E-state index contributed by atoms with van der Waals surface area (Å²) >= 11 is 0. The summed E-state index contributed by atoms with van der Waals surface area (Å²) in [4.78, 5) is 20.1. The van der Waals surface area contributed by atoms with Crippen LogP contribution >= 0.6 is 0 Å². The molecule has 4 heterocycles. The number of nitrogens with zero attached hydrogens (tertiary/aromatic N) is 4. The Hall–Kier alpha value is -2.98. The second-order valence-electron chi connectivity index (χ2n) is 5.31. The number of rotatable bonds is 2. The molecule has 0 spiro atoms. The van der Waals surface area contributed by atoms with Crippen molar-refractivity contribution in [2.75, 3.05) is 6.54 Å². The number of carbonyl (C=O) groups is 1. The van der Waals surface area contributed by atoms with E-state index in [0.29, 0.717) is 23.7 Å². The van der Waals surface area contributed by atoms with Gasteiger partial charge in [-0.05, 0) is 24.6 Å². The largest absolute Gasteiger partial charge is 0.296 e. The summed E-state index contributed by atoms with van der Waals surface area (Å²) in [6, 6.07) is 5.99. The Morgan fingerprint density at radius 2 is 2.17 bits per heavy atom. The van der Waals surface area contributed by atoms with Gasteiger partial charge in [0.2, 0.25) is 0 Å². The predicted octanol–water partition coefficient (Wildman–Crippen LogP) is 1.61. The average molecular weight is 310 g/mol. The highest BCUT2D eigenvalue weighted by Crippen LogP contribution is 2.24. The summed E-state index contributed by atoms with van der Waals surface area (Å²) in [5.41, 5.74) is 2.46. The van der Waals surface area contributed by atoms with Crippen LogP contribution in [0.4, 0.5) is 4.39 Å². The second-order valence-corrected chi connectivity index (χ2v) is 5.31. The van der Waals surface area contributed by atoms with E-state index in [-0.39, 0.29) is 18.1 Å². The van der Waals surface area contributed by atoms with E-state index >= 15 is 0 Å². The molecule has 0 unspecified atom stereocenters. The van der Waals surface area contributed by atoms with Crippen LogP contribution < -0.4 is 0 Å². The van der Waals surface area contributed by atoms with E-state index in [1.165, 1.54) is 12.3 Å². The van der Waals surface area contributed by atoms with Crippen molar-refractivity contribution in [2.45, 2.75) is 13.0 Å². The molecule has 4 rings (SSSR count). The van der Waals surface area contributed by atoms with Gasteiger partial charge < -0.3 is 0 Å². The van der Waals surface area contributed by atoms with Gasteiger partial charge in [-0.15, -0.1) is 0 Å². The second kappa shape index (κ2) is 5.04. The number of hydroxylamine groups is 2. The minimum Gasteiger partial charge on any atom is -0.292 e. The van der Waals surface area contributed by atoms with E-state index in [0.717, 1.165) is 16.5 Å². The Kier molecular flexibility index (Phi) is 2.99. The molecule has 0 fully saturated rings. The lowest BCUT2D eigenvalue weighted by molar-refractivity contribution is -0.0606. The molecule has 0 bridgehead atoms. The normalized spacial score (nSPS) is 14.0. The van der Waals surface area contributed by atoms with E-state index in [1.807, 2.05) is 0 Å². The fourth-order valence-corrected chi connectivity index (χ4v) is 2.72. The number of aromatic nitrogens is 3. The first-order valence-electron chi connectivity index (χ1n) is 7.06. The SMILES string of the molecule is O=C1c2ncc3c(c#cn3Cc3ccc(F)cn3)c2CCN1O. The van der Waals surface area contributed by atoms with Crippen LogP contribution in [0.15, 0.2) is 24.5 Å². The standard InChI is InChI=1S/C16H11FN4O2/c17-10-1-2-11(18-7-10)9-20-5-3-12-13-4-6-21(23)16(22)15(13)19-8-14(12)20/h1-2,7-8,23H,4,6,9H2. The maximum Gasteiger partial charge on any atom is 0.296 e. The predicted molar refractivity (Wildman–Crippen MR) is 77.2 cm³/mol. The Morgan fingerprint density at radius 3 is 2.96 bits per heavy atom. The third-order valence-electron chi connectivity index (χ3n) is 3.89. The third kappa shape index (κ3) is 2.20. The zero-order chi connectivity index (χ0) is 16.0. The van der Waals surface area contributed by atoms with Crippen LogP contribution in [0.5, 0.6) is 0 Å². The summed E-state index contributed by atoms with van der Waals surface area (Å²) in [5.74, 6) is -0.890. The molecule has 23 heavy (non-hydrogen) atoms. The molecule has 6 nitrogen and oxygen atoms in total. The van der Waals surface area contributed by atoms with Crippen LogP contribution in [0.3, 0.4) is 0 Å². The van der Waals surface area contributed by atoms with Gasteiger partial charge in [0.1, 0.15) is 11.5 Å². The lowest BCUT2D eigenvalue weighted by atomic mass is 10.0. The van der Waals surface area contributed by atoms with Crippen LogP contribution in [0.1, 0.15) is 21.7 Å². The molecule has 114 valence electrons. The quantitative estimate of drug-likeness (QED) is 0.730. The number of hydrogen-bond acceptors (Lipinski definition) is 4. The van der Waals surface area contributed by atoms with Gasteiger partial charge in [0.05, 0.1) is 42.1 Å². The fourth-order valence-electron chi connectivity index (χ4n) is 2.72. The summed E-state index contributed by atoms with van der Waals surface area (Å²) in [7, 11) is 0. The number of amides is 1. The van der Waals surface area contributed by atoms with Gasteiger partial charge >= 0.3 is 0 Å². The highest BCUT2D eigenvalue weighted by atomic mass is 19.1. The monoisotopic (exact) mass is 310 g/mol. The molecule has 0 aliphatic carbocycles. The van der Waals surface area contributed by atoms with Gasteiger partial charge in [-0.25, -0.2) is 14.4 Å². The highest BCUT2D eigenvalue weighted by Gasteiger charge is 2.26. The van der Waals surface area contributed by atoms with E-state index in [4.69, 9.17) is 0 Å². The Bertz CT molecular complexity index is 904. The summed E-state index contributed by atoms with van der Waals surface area (Å²) in [6.45, 7) is 0.631. The topological polar surface area (TPSA) is 71.2 Å². The van der Waals surface area contributed by atoms with Gasteiger partial charge in [0, 0.05) is 11.8 Å². The Balaban J connectivity index is 1.76. The van der Waals surface area contributed by atoms with Crippen molar-refractivity contribution in [2.24, 2.45) is 0 Å². The smallest absolute Gasteiger partial charge is 0.292 e. The molecular formula is C16H11FN4O2. The highest BCUT2D eigenvalue weighted by molar-refractivity contribution is 5.99. The lowest BCUT2D eigenvalue weighted by Gasteiger charge is -2.22. The zero-order valence-electron chi connectivity index (χ0n) is 12.0. The van der Waals surface area contributed by atoms with Crippen LogP contribution in [0, 0.1) is 18.1 Å². The molecule has 7 heteroatoms. The average Bonchev–Trinajstić information content (AvgIpc) is 2.96. The molecule has 3 aromatic heterocycles. The van der Waals surface area contributed by atoms with Gasteiger partial charge in [0.15, 0.2) is 0 Å².